The van der Waals surface area contributed by atoms with Crippen LogP contribution in [0.15, 0.2) is 39.6 Å². The average molecular weight is 390 g/mol. The van der Waals surface area contributed by atoms with Crippen molar-refractivity contribution < 1.29 is 13.7 Å². The van der Waals surface area contributed by atoms with Crippen molar-refractivity contribution in [2.24, 2.45) is 5.10 Å². The molecule has 4 rings (SSSR count). The van der Waals surface area contributed by atoms with Crippen LogP contribution in [0.2, 0.25) is 0 Å². The second-order valence-electron chi connectivity index (χ2n) is 6.36. The van der Waals surface area contributed by atoms with Gasteiger partial charge in [0, 0.05) is 24.4 Å². The van der Waals surface area contributed by atoms with Gasteiger partial charge in [0.1, 0.15) is 11.8 Å². The lowest BCUT2D eigenvalue weighted by molar-refractivity contribution is -0.133. The number of hydrogen-bond acceptors (Lipinski definition) is 6. The van der Waals surface area contributed by atoms with Crippen LogP contribution in [0.4, 0.5) is 5.69 Å². The Balaban J connectivity index is 1.61. The highest BCUT2D eigenvalue weighted by Gasteiger charge is 2.46. The second-order valence-corrected chi connectivity index (χ2v) is 9.05. The van der Waals surface area contributed by atoms with Gasteiger partial charge in [0.2, 0.25) is 0 Å². The summed E-state index contributed by atoms with van der Waals surface area (Å²) >= 11 is 1.51. The first-order valence-corrected chi connectivity index (χ1v) is 10.6. The van der Waals surface area contributed by atoms with Gasteiger partial charge in [-0.2, -0.15) is 5.10 Å². The molecule has 0 saturated heterocycles. The topological polar surface area (TPSA) is 62.2 Å². The predicted octanol–water partition coefficient (Wildman–Crippen LogP) is 2.42. The molecule has 0 saturated carbocycles. The third-order valence-corrected chi connectivity index (χ3v) is 7.44. The summed E-state index contributed by atoms with van der Waals surface area (Å²) in [5.74, 6) is 0.658. The van der Waals surface area contributed by atoms with Crippen LogP contribution in [0.25, 0.3) is 0 Å². The number of hydrogen-bond donors (Lipinski definition) is 0. The number of anilines is 1. The Morgan fingerprint density at radius 3 is 2.88 bits per heavy atom. The smallest absolute Gasteiger partial charge is 0.266 e. The van der Waals surface area contributed by atoms with Crippen LogP contribution in [-0.2, 0) is 22.1 Å². The zero-order chi connectivity index (χ0) is 18.4. The molecule has 0 N–H and O–H groups in total. The number of rotatable bonds is 4. The first kappa shape index (κ1) is 17.2. The molecule has 6 nitrogen and oxygen atoms in total. The van der Waals surface area contributed by atoms with Gasteiger partial charge in [-0.3, -0.25) is 9.00 Å². The Kier molecular flexibility index (Phi) is 4.32. The van der Waals surface area contributed by atoms with Gasteiger partial charge in [-0.1, -0.05) is 12.1 Å². The predicted molar refractivity (Wildman–Crippen MR) is 104 cm³/mol. The third-order valence-electron chi connectivity index (χ3n) is 4.78. The maximum atomic E-state index is 13.0. The molecule has 0 spiro atoms. The van der Waals surface area contributed by atoms with E-state index in [1.165, 1.54) is 16.3 Å². The lowest BCUT2D eigenvalue weighted by Gasteiger charge is -2.32. The normalized spacial score (nSPS) is 22.3. The van der Waals surface area contributed by atoms with Gasteiger partial charge in [0.25, 0.3) is 5.91 Å². The van der Waals surface area contributed by atoms with Gasteiger partial charge < -0.3 is 9.64 Å². The van der Waals surface area contributed by atoms with E-state index in [1.807, 2.05) is 48.5 Å². The zero-order valence-corrected chi connectivity index (χ0v) is 16.3. The summed E-state index contributed by atoms with van der Waals surface area (Å²) in [6, 6.07) is 9.28. The summed E-state index contributed by atoms with van der Waals surface area (Å²) in [5.41, 5.74) is 1.95. The summed E-state index contributed by atoms with van der Waals surface area (Å²) in [7, 11) is 2.52. The number of benzene rings is 1. The lowest BCUT2D eigenvalue weighted by atomic mass is 10.00. The molecule has 8 heteroatoms. The molecule has 0 radical (unpaired) electrons. The molecule has 26 heavy (non-hydrogen) atoms. The average Bonchev–Trinajstić information content (AvgIpc) is 3.18. The number of amides is 1. The van der Waals surface area contributed by atoms with Crippen molar-refractivity contribution in [1.82, 2.24) is 5.01 Å². The maximum absolute atomic E-state index is 13.0. The van der Waals surface area contributed by atoms with E-state index in [4.69, 9.17) is 4.74 Å². The fraction of sp³-hybridized carbons (Fsp3) is 0.333. The Morgan fingerprint density at radius 1 is 1.35 bits per heavy atom. The van der Waals surface area contributed by atoms with Gasteiger partial charge in [-0.15, -0.1) is 11.3 Å². The minimum absolute atomic E-state index is 0.0228. The standard InChI is InChI=1S/C18H19N3O3S2/c1-20-14-8-15(26(3)23)25-17(14)13-9-19-21(18(22)16(13)20)10-11-5-4-6-12(7-11)24-2/h4-9,13,16H,10H2,1-3H3. The van der Waals surface area contributed by atoms with E-state index in [2.05, 4.69) is 5.10 Å². The van der Waals surface area contributed by atoms with Crippen LogP contribution in [0.3, 0.4) is 0 Å². The minimum atomic E-state index is -1.02. The van der Waals surface area contributed by atoms with Crippen LogP contribution in [0, 0.1) is 0 Å². The largest absolute Gasteiger partial charge is 0.497 e. The number of likely N-dealkylation sites (N-methyl/N-ethyl adjacent to an activating group) is 1. The highest BCUT2D eigenvalue weighted by Crippen LogP contribution is 2.47. The van der Waals surface area contributed by atoms with Crippen LogP contribution in [0.5, 0.6) is 5.75 Å². The molecule has 2 aliphatic rings. The molecule has 136 valence electrons. The van der Waals surface area contributed by atoms with E-state index < -0.39 is 10.8 Å². The van der Waals surface area contributed by atoms with Crippen LogP contribution in [0.1, 0.15) is 16.4 Å². The van der Waals surface area contributed by atoms with Crippen molar-refractivity contribution in [3.63, 3.8) is 0 Å². The highest BCUT2D eigenvalue weighted by molar-refractivity contribution is 7.86. The van der Waals surface area contributed by atoms with Crippen molar-refractivity contribution in [3.8, 4) is 5.75 Å². The Bertz CT molecular complexity index is 924. The van der Waals surface area contributed by atoms with E-state index in [1.54, 1.807) is 13.4 Å². The monoisotopic (exact) mass is 389 g/mol. The van der Waals surface area contributed by atoms with Crippen LogP contribution >= 0.6 is 11.3 Å². The molecule has 2 aliphatic heterocycles. The van der Waals surface area contributed by atoms with Crippen LogP contribution in [-0.4, -0.2) is 47.8 Å². The second kappa shape index (κ2) is 6.51. The molecule has 3 atom stereocenters. The molecule has 3 unspecified atom stereocenters. The van der Waals surface area contributed by atoms with E-state index in [0.717, 1.165) is 26.1 Å². The summed E-state index contributed by atoms with van der Waals surface area (Å²) in [5, 5.41) is 5.93. The Labute approximate surface area is 158 Å². The first-order valence-electron chi connectivity index (χ1n) is 8.18. The van der Waals surface area contributed by atoms with Gasteiger partial charge in [0.05, 0.1) is 40.3 Å². The highest BCUT2D eigenvalue weighted by atomic mass is 32.2. The van der Waals surface area contributed by atoms with Crippen molar-refractivity contribution >= 4 is 39.9 Å². The molecule has 0 fully saturated rings. The third kappa shape index (κ3) is 2.73. The summed E-state index contributed by atoms with van der Waals surface area (Å²) in [6.45, 7) is 0.404. The molecule has 0 aliphatic carbocycles. The number of carbonyl (C=O) groups is 1. The molecule has 2 aromatic rings. The van der Waals surface area contributed by atoms with Crippen molar-refractivity contribution in [2.45, 2.75) is 22.7 Å². The molecule has 1 aromatic carbocycles. The number of carbonyl (C=O) groups excluding carboxylic acids is 1. The number of thiophene rings is 1. The molecular weight excluding hydrogens is 370 g/mol. The number of nitrogens with zero attached hydrogens (tertiary/aromatic N) is 3. The van der Waals surface area contributed by atoms with Gasteiger partial charge in [0.15, 0.2) is 0 Å². The van der Waals surface area contributed by atoms with E-state index in [9.17, 15) is 9.00 Å². The quantitative estimate of drug-likeness (QED) is 0.806. The molecule has 0 bridgehead atoms. The van der Waals surface area contributed by atoms with Crippen molar-refractivity contribution in [3.05, 3.63) is 40.8 Å². The summed E-state index contributed by atoms with van der Waals surface area (Å²) in [6.07, 6.45) is 3.52. The van der Waals surface area contributed by atoms with E-state index >= 15 is 0 Å². The molecule has 1 aromatic heterocycles. The van der Waals surface area contributed by atoms with Gasteiger partial charge >= 0.3 is 0 Å². The Hall–Kier alpha value is -2.19. The van der Waals surface area contributed by atoms with E-state index in [-0.39, 0.29) is 17.9 Å². The fourth-order valence-corrected chi connectivity index (χ4v) is 5.49. The summed E-state index contributed by atoms with van der Waals surface area (Å²) in [4.78, 5) is 16.1. The van der Waals surface area contributed by atoms with E-state index in [0.29, 0.717) is 6.54 Å². The first-order chi connectivity index (χ1) is 12.5. The van der Waals surface area contributed by atoms with Gasteiger partial charge in [-0.25, -0.2) is 5.01 Å². The SMILES string of the molecule is COc1cccc(CN2N=CC3c4sc(S(C)=O)cc4N(C)C3C2=O)c1. The number of methoxy groups -OCH3 is 1. The van der Waals surface area contributed by atoms with Crippen molar-refractivity contribution in [1.29, 1.82) is 0 Å². The number of fused-ring (bicyclic) bond motifs is 3. The fourth-order valence-electron chi connectivity index (χ4n) is 3.46. The summed E-state index contributed by atoms with van der Waals surface area (Å²) < 4.78 is 17.9. The molecule has 1 amide bonds. The zero-order valence-electron chi connectivity index (χ0n) is 14.7. The molecule has 3 heterocycles. The lowest BCUT2D eigenvalue weighted by Crippen LogP contribution is -2.48. The number of ether oxygens (including phenoxy) is 1. The molecular formula is C18H19N3O3S2. The van der Waals surface area contributed by atoms with Gasteiger partial charge in [-0.05, 0) is 23.8 Å². The number of hydrazone groups is 1. The minimum Gasteiger partial charge on any atom is -0.497 e. The Morgan fingerprint density at radius 2 is 2.15 bits per heavy atom. The maximum Gasteiger partial charge on any atom is 0.266 e. The van der Waals surface area contributed by atoms with Crippen LogP contribution < -0.4 is 9.64 Å². The van der Waals surface area contributed by atoms with Crippen molar-refractivity contribution in [2.75, 3.05) is 25.3 Å².